The van der Waals surface area contributed by atoms with Crippen molar-refractivity contribution < 1.29 is 80.2 Å². The van der Waals surface area contributed by atoms with Crippen LogP contribution in [-0.2, 0) is 65.4 Å². The summed E-state index contributed by atoms with van der Waals surface area (Å²) < 4.78 is 68.2. The van der Waals surface area contributed by atoms with Gasteiger partial charge in [0, 0.05) is 25.7 Å². The van der Waals surface area contributed by atoms with Crippen molar-refractivity contribution in [2.45, 2.75) is 380 Å². The Morgan fingerprint density at radius 3 is 0.670 bits per heavy atom. The van der Waals surface area contributed by atoms with Crippen molar-refractivity contribution in [3.63, 3.8) is 0 Å². The molecule has 0 saturated carbocycles. The summed E-state index contributed by atoms with van der Waals surface area (Å²) in [6.45, 7) is 4.93. The number of ether oxygens (including phenoxy) is 4. The number of carbonyl (C=O) groups excluding carboxylic acids is 4. The van der Waals surface area contributed by atoms with Crippen LogP contribution in [0.25, 0.3) is 0 Å². The normalized spacial score (nSPS) is 14.0. The van der Waals surface area contributed by atoms with Gasteiger partial charge in [0.2, 0.25) is 0 Å². The zero-order valence-corrected chi connectivity index (χ0v) is 58.5. The van der Waals surface area contributed by atoms with E-state index in [2.05, 4.69) is 27.7 Å². The van der Waals surface area contributed by atoms with E-state index in [9.17, 15) is 43.2 Å². The lowest BCUT2D eigenvalue weighted by atomic mass is 10.0. The number of unbranched alkanes of at least 4 members (excludes halogenated alkanes) is 44. The van der Waals surface area contributed by atoms with E-state index in [-0.39, 0.29) is 25.7 Å². The van der Waals surface area contributed by atoms with Crippen LogP contribution in [0, 0.1) is 0 Å². The first-order chi connectivity index (χ1) is 42.7. The minimum absolute atomic E-state index is 0.108. The van der Waals surface area contributed by atoms with Crippen LogP contribution in [0.3, 0.4) is 0 Å². The van der Waals surface area contributed by atoms with E-state index >= 15 is 0 Å². The maximum atomic E-state index is 13.0. The number of carbonyl (C=O) groups is 4. The van der Waals surface area contributed by atoms with Gasteiger partial charge in [0.25, 0.3) is 0 Å². The summed E-state index contributed by atoms with van der Waals surface area (Å²) in [4.78, 5) is 72.4. The van der Waals surface area contributed by atoms with Gasteiger partial charge >= 0.3 is 39.5 Å². The summed E-state index contributed by atoms with van der Waals surface area (Å²) in [6, 6.07) is 0. The molecule has 0 aromatic heterocycles. The van der Waals surface area contributed by atoms with Gasteiger partial charge in [-0.25, -0.2) is 9.13 Å². The van der Waals surface area contributed by atoms with E-state index < -0.39 is 97.5 Å². The Morgan fingerprint density at radius 1 is 0.273 bits per heavy atom. The first-order valence-electron chi connectivity index (χ1n) is 36.3. The minimum atomic E-state index is -4.95. The van der Waals surface area contributed by atoms with Gasteiger partial charge in [-0.1, -0.05) is 310 Å². The van der Waals surface area contributed by atoms with Gasteiger partial charge in [-0.05, 0) is 25.7 Å². The molecular formula is C69H134O17P2. The number of hydrogen-bond donors (Lipinski definition) is 3. The van der Waals surface area contributed by atoms with Gasteiger partial charge in [-0.2, -0.15) is 0 Å². The average molecular weight is 1300 g/mol. The van der Waals surface area contributed by atoms with E-state index in [1.54, 1.807) is 0 Å². The highest BCUT2D eigenvalue weighted by Crippen LogP contribution is 2.45. The standard InChI is InChI=1S/C69H134O17P2/c1-5-9-13-17-21-25-28-31-32-33-36-40-44-48-52-56-69(74)86-65(60-80-67(72)54-50-46-42-38-34-29-26-22-18-14-10-6-2)62-84-88(77,78)82-58-63(70)57-81-87(75,76)83-61-64(59-79-66(71)53-49-45-41-37-24-20-16-12-8-4)85-68(73)55-51-47-43-39-35-30-27-23-19-15-11-7-3/h63-65,70H,5-62H2,1-4H3,(H,75,76)(H,77,78)/t63-,64+,65+/m0/s1. The first-order valence-corrected chi connectivity index (χ1v) is 39.3. The predicted molar refractivity (Wildman–Crippen MR) is 354 cm³/mol. The molecule has 0 fully saturated rings. The van der Waals surface area contributed by atoms with Gasteiger partial charge in [0.1, 0.15) is 19.3 Å². The maximum Gasteiger partial charge on any atom is 0.472 e. The molecule has 5 atom stereocenters. The number of rotatable bonds is 70. The lowest BCUT2D eigenvalue weighted by Gasteiger charge is -2.21. The molecule has 88 heavy (non-hydrogen) atoms. The molecule has 17 nitrogen and oxygen atoms in total. The van der Waals surface area contributed by atoms with Gasteiger partial charge in [0.15, 0.2) is 12.2 Å². The molecule has 0 aromatic rings. The third kappa shape index (κ3) is 62.8. The van der Waals surface area contributed by atoms with E-state index in [1.165, 1.54) is 193 Å². The van der Waals surface area contributed by atoms with Gasteiger partial charge in [-0.3, -0.25) is 37.3 Å². The van der Waals surface area contributed by atoms with Crippen molar-refractivity contribution >= 4 is 39.5 Å². The zero-order chi connectivity index (χ0) is 64.7. The Balaban J connectivity index is 5.23. The third-order valence-corrected chi connectivity index (χ3v) is 18.0. The second-order valence-corrected chi connectivity index (χ2v) is 27.8. The quantitative estimate of drug-likeness (QED) is 0.0222. The van der Waals surface area contributed by atoms with Gasteiger partial charge in [0.05, 0.1) is 26.4 Å². The summed E-state index contributed by atoms with van der Waals surface area (Å²) in [6.07, 6.45) is 51.1. The van der Waals surface area contributed by atoms with Crippen LogP contribution in [0.5, 0.6) is 0 Å². The lowest BCUT2D eigenvalue weighted by molar-refractivity contribution is -0.161. The molecule has 0 rings (SSSR count). The first kappa shape index (κ1) is 86.1. The van der Waals surface area contributed by atoms with Crippen LogP contribution in [0.4, 0.5) is 0 Å². The number of esters is 4. The summed E-state index contributed by atoms with van der Waals surface area (Å²) in [5.74, 6) is -2.12. The second-order valence-electron chi connectivity index (χ2n) is 24.9. The summed E-state index contributed by atoms with van der Waals surface area (Å²) in [5.41, 5.74) is 0. The molecule has 0 aliphatic rings. The molecule has 0 heterocycles. The Bertz CT molecular complexity index is 1690. The molecule has 3 N–H and O–H groups in total. The van der Waals surface area contributed by atoms with Crippen molar-refractivity contribution in [1.29, 1.82) is 0 Å². The Hall–Kier alpha value is -1.94. The SMILES string of the molecule is CCCCCCCCCCCCCCCCCC(=O)O[C@H](COC(=O)CCCCCCCCCCCCCC)COP(=O)(O)OC[C@@H](O)COP(=O)(O)OC[C@@H](COC(=O)CCCCCCCCCCC)OC(=O)CCCCCCCCCCCCCC. The van der Waals surface area contributed by atoms with E-state index in [1.807, 2.05) is 0 Å². The van der Waals surface area contributed by atoms with Crippen LogP contribution in [0.15, 0.2) is 0 Å². The topological polar surface area (TPSA) is 237 Å². The number of hydrogen-bond acceptors (Lipinski definition) is 15. The van der Waals surface area contributed by atoms with Crippen molar-refractivity contribution in [1.82, 2.24) is 0 Å². The lowest BCUT2D eigenvalue weighted by Crippen LogP contribution is -2.30. The highest BCUT2D eigenvalue weighted by atomic mass is 31.2. The molecular weight excluding hydrogens is 1160 g/mol. The van der Waals surface area contributed by atoms with Crippen molar-refractivity contribution in [2.75, 3.05) is 39.6 Å². The Labute approximate surface area is 537 Å². The van der Waals surface area contributed by atoms with Crippen LogP contribution in [0.2, 0.25) is 0 Å². The third-order valence-electron chi connectivity index (χ3n) is 16.1. The minimum Gasteiger partial charge on any atom is -0.462 e. The fourth-order valence-electron chi connectivity index (χ4n) is 10.5. The van der Waals surface area contributed by atoms with Crippen LogP contribution >= 0.6 is 15.6 Å². The van der Waals surface area contributed by atoms with Crippen LogP contribution in [-0.4, -0.2) is 96.7 Å². The summed E-state index contributed by atoms with van der Waals surface area (Å²) in [5, 5.41) is 10.6. The number of aliphatic hydroxyl groups excluding tert-OH is 1. The Kier molecular flexibility index (Phi) is 62.4. The number of aliphatic hydroxyl groups is 1. The molecule has 19 heteroatoms. The molecule has 2 unspecified atom stereocenters. The molecule has 0 aromatic carbocycles. The van der Waals surface area contributed by atoms with Crippen molar-refractivity contribution in [3.05, 3.63) is 0 Å². The molecule has 0 amide bonds. The summed E-state index contributed by atoms with van der Waals surface area (Å²) in [7, 11) is -9.89. The number of phosphoric acid groups is 2. The van der Waals surface area contributed by atoms with E-state index in [0.29, 0.717) is 25.7 Å². The monoisotopic (exact) mass is 1300 g/mol. The Morgan fingerprint density at radius 2 is 0.455 bits per heavy atom. The smallest absolute Gasteiger partial charge is 0.462 e. The van der Waals surface area contributed by atoms with Crippen molar-refractivity contribution in [2.24, 2.45) is 0 Å². The van der Waals surface area contributed by atoms with E-state index in [4.69, 9.17) is 37.0 Å². The molecule has 522 valence electrons. The highest BCUT2D eigenvalue weighted by Gasteiger charge is 2.30. The fourth-order valence-corrected chi connectivity index (χ4v) is 12.1. The van der Waals surface area contributed by atoms with Gasteiger partial charge in [-0.15, -0.1) is 0 Å². The van der Waals surface area contributed by atoms with Gasteiger partial charge < -0.3 is 33.8 Å². The maximum absolute atomic E-state index is 13.0. The summed E-state index contributed by atoms with van der Waals surface area (Å²) >= 11 is 0. The second kappa shape index (κ2) is 63.8. The largest absolute Gasteiger partial charge is 0.472 e. The average Bonchev–Trinajstić information content (AvgIpc) is 3.61. The zero-order valence-electron chi connectivity index (χ0n) is 56.7. The van der Waals surface area contributed by atoms with Crippen LogP contribution in [0.1, 0.15) is 362 Å². The molecule has 0 aliphatic carbocycles. The molecule has 0 aliphatic heterocycles. The predicted octanol–water partition coefficient (Wildman–Crippen LogP) is 19.9. The van der Waals surface area contributed by atoms with E-state index in [0.717, 1.165) is 89.9 Å². The molecule has 0 saturated heterocycles. The van der Waals surface area contributed by atoms with Crippen molar-refractivity contribution in [3.8, 4) is 0 Å². The van der Waals surface area contributed by atoms with Crippen LogP contribution < -0.4 is 0 Å². The highest BCUT2D eigenvalue weighted by molar-refractivity contribution is 7.47. The number of phosphoric ester groups is 2. The molecule has 0 radical (unpaired) electrons. The fraction of sp³-hybridized carbons (Fsp3) is 0.942. The molecule has 0 spiro atoms. The molecule has 0 bridgehead atoms.